The molecule has 4 aromatic rings. The predicted octanol–water partition coefficient (Wildman–Crippen LogP) is 2.67. The molecule has 1 fully saturated rings. The molecule has 0 atom stereocenters. The second-order valence-electron chi connectivity index (χ2n) is 6.43. The van der Waals surface area contributed by atoms with Crippen molar-refractivity contribution in [2.75, 3.05) is 18.4 Å². The van der Waals surface area contributed by atoms with Gasteiger partial charge in [-0.3, -0.25) is 0 Å². The van der Waals surface area contributed by atoms with Gasteiger partial charge in [0, 0.05) is 23.2 Å². The lowest BCUT2D eigenvalue weighted by atomic mass is 10.1. The van der Waals surface area contributed by atoms with Crippen LogP contribution in [0.25, 0.3) is 33.5 Å². The number of hydrogen-bond acceptors (Lipinski definition) is 5. The molecule has 7 heteroatoms. The fraction of sp³-hybridized carbons (Fsp3) is 0.278. The molecule has 1 aliphatic heterocycles. The highest BCUT2D eigenvalue weighted by Crippen LogP contribution is 2.30. The molecular formula is C18H19N7. The van der Waals surface area contributed by atoms with Crippen molar-refractivity contribution in [1.29, 1.82) is 0 Å². The van der Waals surface area contributed by atoms with Crippen LogP contribution in [-0.4, -0.2) is 44.1 Å². The molecule has 1 saturated heterocycles. The fourth-order valence-electron chi connectivity index (χ4n) is 3.47. The van der Waals surface area contributed by atoms with Crippen molar-refractivity contribution < 1.29 is 0 Å². The average molecular weight is 333 g/mol. The third-order valence-electron chi connectivity index (χ3n) is 4.78. The number of aromatic amines is 2. The monoisotopic (exact) mass is 333 g/mol. The molecule has 0 spiro atoms. The SMILES string of the molecule is c1nc2nc(-c3cc(NC4CCNCC4)nc4[nH]ccc34)ccc2[nH]1. The Morgan fingerprint density at radius 2 is 1.96 bits per heavy atom. The standard InChI is InChI=1S/C18H19N7/c1-2-15-18(22-10-21-15)24-14(1)13-9-16(23-11-3-6-19-7-4-11)25-17-12(13)5-8-20-17/h1-2,5,8-11,19H,3-4,6-7H2,(H2,20,23,25)(H,21,22,24). The number of rotatable bonds is 3. The second-order valence-corrected chi connectivity index (χ2v) is 6.43. The van der Waals surface area contributed by atoms with Crippen molar-refractivity contribution >= 4 is 28.0 Å². The van der Waals surface area contributed by atoms with Crippen LogP contribution in [-0.2, 0) is 0 Å². The van der Waals surface area contributed by atoms with Gasteiger partial charge < -0.3 is 20.6 Å². The molecule has 7 nitrogen and oxygen atoms in total. The zero-order chi connectivity index (χ0) is 16.6. The molecule has 5 rings (SSSR count). The number of hydrogen-bond donors (Lipinski definition) is 4. The van der Waals surface area contributed by atoms with Crippen molar-refractivity contribution in [3.63, 3.8) is 0 Å². The number of pyridine rings is 2. The van der Waals surface area contributed by atoms with Crippen LogP contribution in [0.1, 0.15) is 12.8 Å². The molecule has 25 heavy (non-hydrogen) atoms. The summed E-state index contributed by atoms with van der Waals surface area (Å²) in [6.45, 7) is 2.10. The molecule has 0 aliphatic carbocycles. The van der Waals surface area contributed by atoms with Gasteiger partial charge in [-0.05, 0) is 50.2 Å². The van der Waals surface area contributed by atoms with Crippen LogP contribution >= 0.6 is 0 Å². The Bertz CT molecular complexity index is 1030. The maximum atomic E-state index is 4.73. The van der Waals surface area contributed by atoms with E-state index in [2.05, 4.69) is 31.7 Å². The van der Waals surface area contributed by atoms with E-state index in [9.17, 15) is 0 Å². The normalized spacial score (nSPS) is 15.8. The topological polar surface area (TPSA) is 94.3 Å². The van der Waals surface area contributed by atoms with Gasteiger partial charge in [-0.1, -0.05) is 0 Å². The van der Waals surface area contributed by atoms with Gasteiger partial charge >= 0.3 is 0 Å². The van der Waals surface area contributed by atoms with Gasteiger partial charge in [0.1, 0.15) is 11.5 Å². The van der Waals surface area contributed by atoms with Gasteiger partial charge in [-0.2, -0.15) is 0 Å². The number of nitrogens with one attached hydrogen (secondary N) is 4. The van der Waals surface area contributed by atoms with Gasteiger partial charge in [0.05, 0.1) is 17.5 Å². The van der Waals surface area contributed by atoms with E-state index in [-0.39, 0.29) is 0 Å². The zero-order valence-electron chi connectivity index (χ0n) is 13.7. The number of aromatic nitrogens is 5. The summed E-state index contributed by atoms with van der Waals surface area (Å²) in [7, 11) is 0. The van der Waals surface area contributed by atoms with Crippen molar-refractivity contribution in [3.05, 3.63) is 36.8 Å². The smallest absolute Gasteiger partial charge is 0.177 e. The molecule has 4 N–H and O–H groups in total. The van der Waals surface area contributed by atoms with Crippen molar-refractivity contribution in [2.45, 2.75) is 18.9 Å². The molecule has 0 radical (unpaired) electrons. The van der Waals surface area contributed by atoms with E-state index >= 15 is 0 Å². The van der Waals surface area contributed by atoms with Crippen LogP contribution in [0.15, 0.2) is 36.8 Å². The number of piperidine rings is 1. The van der Waals surface area contributed by atoms with Gasteiger partial charge in [-0.25, -0.2) is 15.0 Å². The third kappa shape index (κ3) is 2.62. The second kappa shape index (κ2) is 5.86. The Balaban J connectivity index is 1.59. The van der Waals surface area contributed by atoms with E-state index in [4.69, 9.17) is 9.97 Å². The zero-order valence-corrected chi connectivity index (χ0v) is 13.7. The van der Waals surface area contributed by atoms with E-state index in [1.807, 2.05) is 24.4 Å². The molecule has 0 bridgehead atoms. The van der Waals surface area contributed by atoms with Crippen molar-refractivity contribution in [2.24, 2.45) is 0 Å². The molecule has 126 valence electrons. The molecule has 0 aromatic carbocycles. The molecule has 4 aromatic heterocycles. The quantitative estimate of drug-likeness (QED) is 0.462. The molecular weight excluding hydrogens is 314 g/mol. The van der Waals surface area contributed by atoms with Crippen molar-refractivity contribution in [1.82, 2.24) is 30.2 Å². The van der Waals surface area contributed by atoms with Crippen LogP contribution in [0.3, 0.4) is 0 Å². The van der Waals surface area contributed by atoms with E-state index < -0.39 is 0 Å². The van der Waals surface area contributed by atoms with Crippen LogP contribution < -0.4 is 10.6 Å². The molecule has 0 unspecified atom stereocenters. The van der Waals surface area contributed by atoms with E-state index in [1.165, 1.54) is 0 Å². The van der Waals surface area contributed by atoms with Gasteiger partial charge in [0.25, 0.3) is 0 Å². The largest absolute Gasteiger partial charge is 0.367 e. The molecule has 0 amide bonds. The lowest BCUT2D eigenvalue weighted by molar-refractivity contribution is 0.478. The Kier molecular flexibility index (Phi) is 3.38. The molecule has 0 saturated carbocycles. The summed E-state index contributed by atoms with van der Waals surface area (Å²) in [5.41, 5.74) is 4.51. The summed E-state index contributed by atoms with van der Waals surface area (Å²) in [6.07, 6.45) is 5.81. The minimum Gasteiger partial charge on any atom is -0.367 e. The van der Waals surface area contributed by atoms with E-state index in [0.717, 1.165) is 65.2 Å². The van der Waals surface area contributed by atoms with Crippen LogP contribution in [0.5, 0.6) is 0 Å². The summed E-state index contributed by atoms with van der Waals surface area (Å²) < 4.78 is 0. The third-order valence-corrected chi connectivity index (χ3v) is 4.78. The number of H-pyrrole nitrogens is 2. The Morgan fingerprint density at radius 1 is 1.04 bits per heavy atom. The maximum Gasteiger partial charge on any atom is 0.177 e. The van der Waals surface area contributed by atoms with Crippen LogP contribution in [0.4, 0.5) is 5.82 Å². The highest BCUT2D eigenvalue weighted by molar-refractivity contribution is 5.94. The summed E-state index contributed by atoms with van der Waals surface area (Å²) in [6, 6.07) is 8.64. The number of anilines is 1. The predicted molar refractivity (Wildman–Crippen MR) is 98.5 cm³/mol. The summed E-state index contributed by atoms with van der Waals surface area (Å²) in [5.74, 6) is 0.890. The first-order valence-electron chi connectivity index (χ1n) is 8.63. The summed E-state index contributed by atoms with van der Waals surface area (Å²) in [5, 5.41) is 8.04. The van der Waals surface area contributed by atoms with Crippen molar-refractivity contribution in [3.8, 4) is 11.3 Å². The average Bonchev–Trinajstić information content (AvgIpc) is 3.30. The lowest BCUT2D eigenvalue weighted by Crippen LogP contribution is -2.35. The molecule has 1 aliphatic rings. The fourth-order valence-corrected chi connectivity index (χ4v) is 3.47. The Hall–Kier alpha value is -2.93. The first-order valence-corrected chi connectivity index (χ1v) is 8.63. The number of fused-ring (bicyclic) bond motifs is 2. The summed E-state index contributed by atoms with van der Waals surface area (Å²) in [4.78, 5) is 20.0. The number of nitrogens with zero attached hydrogens (tertiary/aromatic N) is 3. The Morgan fingerprint density at radius 3 is 2.88 bits per heavy atom. The maximum absolute atomic E-state index is 4.73. The first kappa shape index (κ1) is 14.4. The summed E-state index contributed by atoms with van der Waals surface area (Å²) >= 11 is 0. The highest BCUT2D eigenvalue weighted by Gasteiger charge is 2.16. The lowest BCUT2D eigenvalue weighted by Gasteiger charge is -2.24. The van der Waals surface area contributed by atoms with E-state index in [0.29, 0.717) is 6.04 Å². The van der Waals surface area contributed by atoms with Gasteiger partial charge in [0.2, 0.25) is 0 Å². The van der Waals surface area contributed by atoms with Gasteiger partial charge in [-0.15, -0.1) is 0 Å². The Labute approximate surface area is 144 Å². The van der Waals surface area contributed by atoms with Crippen LogP contribution in [0, 0.1) is 0 Å². The first-order chi connectivity index (χ1) is 12.4. The highest BCUT2D eigenvalue weighted by atomic mass is 15.1. The molecule has 5 heterocycles. The minimum absolute atomic E-state index is 0.454. The number of imidazole rings is 1. The van der Waals surface area contributed by atoms with Gasteiger partial charge in [0.15, 0.2) is 5.65 Å². The minimum atomic E-state index is 0.454. The van der Waals surface area contributed by atoms with Crippen LogP contribution in [0.2, 0.25) is 0 Å². The van der Waals surface area contributed by atoms with E-state index in [1.54, 1.807) is 6.33 Å².